The van der Waals surface area contributed by atoms with Crippen molar-refractivity contribution in [1.29, 1.82) is 0 Å². The molecule has 1 aromatic carbocycles. The molecule has 0 bridgehead atoms. The fourth-order valence-corrected chi connectivity index (χ4v) is 2.03. The third kappa shape index (κ3) is 3.49. The minimum Gasteiger partial charge on any atom is -0.481 e. The molecular formula is C16H10F3N3O3. The molecule has 0 saturated heterocycles. The van der Waals surface area contributed by atoms with E-state index in [1.807, 2.05) is 0 Å². The van der Waals surface area contributed by atoms with Gasteiger partial charge in [0.15, 0.2) is 5.78 Å². The molecule has 3 aromatic rings. The van der Waals surface area contributed by atoms with Gasteiger partial charge >= 0.3 is 12.1 Å². The van der Waals surface area contributed by atoms with E-state index < -0.39 is 12.1 Å². The Morgan fingerprint density at radius 1 is 1.08 bits per heavy atom. The molecule has 0 spiro atoms. The molecule has 2 aromatic heterocycles. The lowest BCUT2D eigenvalue weighted by Gasteiger charge is -2.03. The van der Waals surface area contributed by atoms with Crippen LogP contribution in [-0.4, -0.2) is 28.0 Å². The summed E-state index contributed by atoms with van der Waals surface area (Å²) in [5.74, 6) is -1.54. The van der Waals surface area contributed by atoms with Crippen molar-refractivity contribution < 1.29 is 27.2 Å². The molecule has 0 radical (unpaired) electrons. The van der Waals surface area contributed by atoms with Gasteiger partial charge in [-0.05, 0) is 6.07 Å². The predicted octanol–water partition coefficient (Wildman–Crippen LogP) is 3.39. The van der Waals surface area contributed by atoms with Crippen LogP contribution in [0, 0.1) is 0 Å². The number of carbonyl (C=O) groups excluding carboxylic acids is 1. The summed E-state index contributed by atoms with van der Waals surface area (Å²) in [5.41, 5.74) is 0.992. The molecule has 3 rings (SSSR count). The Bertz CT molecular complexity index is 887. The highest BCUT2D eigenvalue weighted by Crippen LogP contribution is 2.29. The van der Waals surface area contributed by atoms with Gasteiger partial charge in [-0.15, -0.1) is 0 Å². The van der Waals surface area contributed by atoms with E-state index in [-0.39, 0.29) is 11.6 Å². The molecule has 0 aliphatic rings. The first-order chi connectivity index (χ1) is 11.9. The van der Waals surface area contributed by atoms with Crippen molar-refractivity contribution in [1.82, 2.24) is 15.1 Å². The summed E-state index contributed by atoms with van der Waals surface area (Å²) < 4.78 is 46.5. The van der Waals surface area contributed by atoms with Crippen LogP contribution < -0.4 is 4.74 Å². The first-order valence-corrected chi connectivity index (χ1v) is 6.94. The van der Waals surface area contributed by atoms with Gasteiger partial charge in [0, 0.05) is 29.0 Å². The van der Waals surface area contributed by atoms with E-state index in [9.17, 15) is 18.0 Å². The van der Waals surface area contributed by atoms with Crippen LogP contribution >= 0.6 is 0 Å². The van der Waals surface area contributed by atoms with Gasteiger partial charge < -0.3 is 9.26 Å². The minimum absolute atomic E-state index is 0.211. The second-order valence-electron chi connectivity index (χ2n) is 4.92. The maximum absolute atomic E-state index is 12.5. The van der Waals surface area contributed by atoms with Gasteiger partial charge in [-0.25, -0.2) is 4.98 Å². The first-order valence-electron chi connectivity index (χ1n) is 6.94. The molecule has 25 heavy (non-hydrogen) atoms. The van der Waals surface area contributed by atoms with Crippen molar-refractivity contribution in [3.63, 3.8) is 0 Å². The number of hydrogen-bond acceptors (Lipinski definition) is 6. The number of methoxy groups -OCH3 is 1. The van der Waals surface area contributed by atoms with Gasteiger partial charge in [0.05, 0.1) is 7.11 Å². The fraction of sp³-hybridized carbons (Fsp3) is 0.125. The van der Waals surface area contributed by atoms with Crippen LogP contribution in [0.4, 0.5) is 13.2 Å². The van der Waals surface area contributed by atoms with Crippen molar-refractivity contribution in [3.8, 4) is 17.3 Å². The summed E-state index contributed by atoms with van der Waals surface area (Å²) in [6, 6.07) is 8.93. The zero-order chi connectivity index (χ0) is 18.0. The summed E-state index contributed by atoms with van der Waals surface area (Å²) in [6.45, 7) is 0. The number of benzene rings is 1. The Hall–Kier alpha value is -3.23. The van der Waals surface area contributed by atoms with Crippen molar-refractivity contribution in [3.05, 3.63) is 59.6 Å². The van der Waals surface area contributed by atoms with Crippen molar-refractivity contribution in [2.24, 2.45) is 0 Å². The first kappa shape index (κ1) is 16.6. The molecular weight excluding hydrogens is 339 g/mol. The Balaban J connectivity index is 1.81. The molecule has 0 amide bonds. The highest BCUT2D eigenvalue weighted by molar-refractivity contribution is 6.08. The Labute approximate surface area is 139 Å². The number of alkyl halides is 3. The Morgan fingerprint density at radius 3 is 2.28 bits per heavy atom. The monoisotopic (exact) mass is 349 g/mol. The summed E-state index contributed by atoms with van der Waals surface area (Å²) in [5, 5.41) is 3.29. The molecule has 2 heterocycles. The Morgan fingerprint density at radius 2 is 1.76 bits per heavy atom. The van der Waals surface area contributed by atoms with Crippen LogP contribution in [0.5, 0.6) is 5.88 Å². The zero-order valence-electron chi connectivity index (χ0n) is 12.7. The van der Waals surface area contributed by atoms with Crippen LogP contribution in [-0.2, 0) is 6.18 Å². The second-order valence-corrected chi connectivity index (χ2v) is 4.92. The maximum Gasteiger partial charge on any atom is 0.471 e. The number of hydrogen-bond donors (Lipinski definition) is 0. The molecule has 0 saturated carbocycles. The van der Waals surface area contributed by atoms with Crippen LogP contribution in [0.15, 0.2) is 47.1 Å². The van der Waals surface area contributed by atoms with Gasteiger partial charge in [-0.2, -0.15) is 18.2 Å². The van der Waals surface area contributed by atoms with Crippen molar-refractivity contribution in [2.75, 3.05) is 7.11 Å². The quantitative estimate of drug-likeness (QED) is 0.672. The summed E-state index contributed by atoms with van der Waals surface area (Å²) in [4.78, 5) is 19.6. The molecule has 0 aliphatic heterocycles. The number of ether oxygens (including phenoxy) is 1. The van der Waals surface area contributed by atoms with E-state index in [4.69, 9.17) is 4.74 Å². The lowest BCUT2D eigenvalue weighted by Crippen LogP contribution is -2.05. The third-order valence-electron chi connectivity index (χ3n) is 3.28. The molecule has 0 atom stereocenters. The summed E-state index contributed by atoms with van der Waals surface area (Å²) in [6.07, 6.45) is -3.33. The SMILES string of the molecule is COc1ccc(C(=O)c2ccc(-c3noc(C(F)(F)F)n3)cc2)cn1. The normalized spacial score (nSPS) is 11.4. The lowest BCUT2D eigenvalue weighted by atomic mass is 10.0. The van der Waals surface area contributed by atoms with Crippen LogP contribution in [0.2, 0.25) is 0 Å². The predicted molar refractivity (Wildman–Crippen MR) is 79.0 cm³/mol. The van der Waals surface area contributed by atoms with E-state index in [2.05, 4.69) is 19.6 Å². The van der Waals surface area contributed by atoms with Crippen molar-refractivity contribution >= 4 is 5.78 Å². The molecule has 0 N–H and O–H groups in total. The maximum atomic E-state index is 12.5. The Kier molecular flexibility index (Phi) is 4.22. The highest BCUT2D eigenvalue weighted by Gasteiger charge is 2.38. The number of pyridine rings is 1. The van der Waals surface area contributed by atoms with Gasteiger partial charge in [0.25, 0.3) is 0 Å². The average molecular weight is 349 g/mol. The van der Waals surface area contributed by atoms with Crippen molar-refractivity contribution in [2.45, 2.75) is 6.18 Å². The zero-order valence-corrected chi connectivity index (χ0v) is 12.7. The molecule has 9 heteroatoms. The van der Waals surface area contributed by atoms with E-state index >= 15 is 0 Å². The van der Waals surface area contributed by atoms with Crippen LogP contribution in [0.1, 0.15) is 21.8 Å². The number of halogens is 3. The topological polar surface area (TPSA) is 78.1 Å². The average Bonchev–Trinajstić information content (AvgIpc) is 3.12. The fourth-order valence-electron chi connectivity index (χ4n) is 2.03. The number of carbonyl (C=O) groups is 1. The minimum atomic E-state index is -4.71. The van der Waals surface area contributed by atoms with E-state index in [0.29, 0.717) is 22.6 Å². The van der Waals surface area contributed by atoms with Gasteiger partial charge in [-0.1, -0.05) is 29.4 Å². The van der Waals surface area contributed by atoms with Crippen LogP contribution in [0.3, 0.4) is 0 Å². The van der Waals surface area contributed by atoms with E-state index in [1.54, 1.807) is 12.1 Å². The number of ketones is 1. The molecule has 0 fully saturated rings. The number of nitrogens with zero attached hydrogens (tertiary/aromatic N) is 3. The molecule has 128 valence electrons. The summed E-state index contributed by atoms with van der Waals surface area (Å²) >= 11 is 0. The second kappa shape index (κ2) is 6.34. The largest absolute Gasteiger partial charge is 0.481 e. The van der Waals surface area contributed by atoms with E-state index in [1.165, 1.54) is 37.6 Å². The highest BCUT2D eigenvalue weighted by atomic mass is 19.4. The standard InChI is InChI=1S/C16H10F3N3O3/c1-24-12-7-6-11(8-20-12)13(23)9-2-4-10(5-3-9)14-21-15(25-22-14)16(17,18)19/h2-8H,1H3. The number of aromatic nitrogens is 3. The smallest absolute Gasteiger partial charge is 0.471 e. The molecule has 0 aliphatic carbocycles. The lowest BCUT2D eigenvalue weighted by molar-refractivity contribution is -0.159. The van der Waals surface area contributed by atoms with Gasteiger partial charge in [0.1, 0.15) is 0 Å². The molecule has 6 nitrogen and oxygen atoms in total. The molecule has 0 unspecified atom stereocenters. The third-order valence-corrected chi connectivity index (χ3v) is 3.28. The summed E-state index contributed by atoms with van der Waals surface area (Å²) in [7, 11) is 1.46. The van der Waals surface area contributed by atoms with Crippen LogP contribution in [0.25, 0.3) is 11.4 Å². The number of rotatable bonds is 4. The van der Waals surface area contributed by atoms with Gasteiger partial charge in [-0.3, -0.25) is 4.79 Å². The van der Waals surface area contributed by atoms with Gasteiger partial charge in [0.2, 0.25) is 11.7 Å². The van der Waals surface area contributed by atoms with E-state index in [0.717, 1.165) is 0 Å².